The van der Waals surface area contributed by atoms with Crippen LogP contribution in [0.25, 0.3) is 16.6 Å². The number of amides is 1. The zero-order valence-electron chi connectivity index (χ0n) is 36.9. The zero-order chi connectivity index (χ0) is 45.1. The summed E-state index contributed by atoms with van der Waals surface area (Å²) >= 11 is 6.27. The van der Waals surface area contributed by atoms with E-state index < -0.39 is 15.9 Å². The normalized spacial score (nSPS) is 21.8. The first-order valence-corrected chi connectivity index (χ1v) is 24.5. The number of allylic oxidation sites excluding steroid dienone is 1. The van der Waals surface area contributed by atoms with Crippen LogP contribution in [0.4, 0.5) is 11.5 Å². The molecule has 16 heteroatoms. The third-order valence-corrected chi connectivity index (χ3v) is 15.0. The molecule has 1 atom stereocenters. The molecule has 3 aromatic heterocycles. The summed E-state index contributed by atoms with van der Waals surface area (Å²) in [5, 5.41) is 18.4. The van der Waals surface area contributed by atoms with Crippen LogP contribution in [0.2, 0.25) is 5.02 Å². The average molecular weight is 919 g/mol. The summed E-state index contributed by atoms with van der Waals surface area (Å²) in [6.07, 6.45) is 11.6. The fraction of sp³-hybridized carbons (Fsp3) is 0.429. The molecule has 0 spiro atoms. The maximum atomic E-state index is 14.2. The number of aromatic nitrogens is 3. The Balaban J connectivity index is 0.921. The molecule has 5 aromatic rings. The number of nitrogens with one attached hydrogen (secondary N) is 4. The number of fused-ring (bicyclic) bond motifs is 1. The number of carbonyl (C=O) groups excluding carboxylic acids is 1. The van der Waals surface area contributed by atoms with Gasteiger partial charge < -0.3 is 30.0 Å². The number of rotatable bonds is 12. The van der Waals surface area contributed by atoms with Crippen LogP contribution in [0.3, 0.4) is 0 Å². The number of para-hydroxylation sites is 1. The third-order valence-electron chi connectivity index (χ3n) is 13.5. The van der Waals surface area contributed by atoms with Gasteiger partial charge in [0.1, 0.15) is 28.2 Å². The Labute approximate surface area is 385 Å². The minimum atomic E-state index is -4.48. The molecular weight excluding hydrogens is 862 g/mol. The van der Waals surface area contributed by atoms with Crippen molar-refractivity contribution in [3.05, 3.63) is 107 Å². The summed E-state index contributed by atoms with van der Waals surface area (Å²) in [5.41, 5.74) is 5.75. The first-order chi connectivity index (χ1) is 31.4. The molecule has 4 aliphatic rings. The summed E-state index contributed by atoms with van der Waals surface area (Å²) in [4.78, 5) is 30.5. The topological polar surface area (TPSA) is 178 Å². The number of carbonyl (C=O) groups is 1. The summed E-state index contributed by atoms with van der Waals surface area (Å²) in [5.74, 6) is 0.502. The van der Waals surface area contributed by atoms with Gasteiger partial charge in [0, 0.05) is 74.7 Å². The Kier molecular flexibility index (Phi) is 13.2. The van der Waals surface area contributed by atoms with Crippen LogP contribution in [0.5, 0.6) is 11.5 Å². The molecule has 1 amide bonds. The van der Waals surface area contributed by atoms with Gasteiger partial charge in [-0.1, -0.05) is 49.2 Å². The lowest BCUT2D eigenvalue weighted by Gasteiger charge is -2.39. The molecule has 1 unspecified atom stereocenters. The Bertz CT molecular complexity index is 2710. The van der Waals surface area contributed by atoms with Gasteiger partial charge in [0.25, 0.3) is 15.9 Å². The molecule has 0 bridgehead atoms. The van der Waals surface area contributed by atoms with Gasteiger partial charge in [-0.05, 0) is 110 Å². The number of hydrogen-bond donors (Lipinski definition) is 4. The molecule has 3 fully saturated rings. The predicted molar refractivity (Wildman–Crippen MR) is 253 cm³/mol. The van der Waals surface area contributed by atoms with E-state index >= 15 is 0 Å². The van der Waals surface area contributed by atoms with E-state index in [1.807, 2.05) is 30.3 Å². The van der Waals surface area contributed by atoms with E-state index in [2.05, 4.69) is 72.2 Å². The molecule has 9 rings (SSSR count). The van der Waals surface area contributed by atoms with Crippen LogP contribution < -0.4 is 25.0 Å². The van der Waals surface area contributed by atoms with Gasteiger partial charge in [0.15, 0.2) is 5.75 Å². The van der Waals surface area contributed by atoms with Crippen molar-refractivity contribution in [1.82, 2.24) is 29.9 Å². The fourth-order valence-electron chi connectivity index (χ4n) is 9.78. The standard InChI is InChI=1S/C49H56ClN9O5S/c1-49(2)16-14-35(42(26-49)32-6-10-37(50)11-7-32)31-58-19-21-59(22-20-58)43-5-3-4-41(45(43)64-39-24-34-15-17-53-46(34)54-28-39)48(60)57-65(61,62)40-25-36(27-51)47(55-29-40)56-38-12-8-33(9-13-38)44-30-52-18-23-63-44/h3-7,10-11,15,17,24-25,28-29,33,38,44,52H,8-9,12-14,16,18-23,26,30-31H2,1-2H3,(H,53,54)(H,55,56)(H,57,60)/t33-,38-,44?. The maximum Gasteiger partial charge on any atom is 0.268 e. The molecule has 1 saturated carbocycles. The second-order valence-corrected chi connectivity index (χ2v) is 20.6. The Morgan fingerprint density at radius 2 is 1.83 bits per heavy atom. The van der Waals surface area contributed by atoms with Gasteiger partial charge in [-0.25, -0.2) is 23.1 Å². The number of nitrogens with zero attached hydrogens (tertiary/aromatic N) is 5. The highest BCUT2D eigenvalue weighted by atomic mass is 35.5. The van der Waals surface area contributed by atoms with E-state index in [1.54, 1.807) is 24.5 Å². The molecule has 65 heavy (non-hydrogen) atoms. The number of sulfonamides is 1. The number of H-pyrrole nitrogens is 1. The third kappa shape index (κ3) is 10.3. The van der Waals surface area contributed by atoms with E-state index in [0.29, 0.717) is 41.9 Å². The van der Waals surface area contributed by atoms with Crippen LogP contribution >= 0.6 is 11.6 Å². The van der Waals surface area contributed by atoms with Crippen molar-refractivity contribution in [2.24, 2.45) is 11.3 Å². The number of morpholine rings is 1. The highest BCUT2D eigenvalue weighted by Crippen LogP contribution is 2.44. The first-order valence-electron chi connectivity index (χ1n) is 22.7. The molecule has 340 valence electrons. The Hall–Kier alpha value is -5.50. The number of halogens is 1. The SMILES string of the molecule is CC1(C)CCC(CN2CCN(c3cccc(C(=O)NS(=O)(=O)c4cnc(N[C@H]5CC[C@H](C6CNCCO6)CC5)c(C#N)c4)c3Oc3cnc4[nH]ccc4c3)CC2)=C(c2ccc(Cl)cc2)C1. The molecule has 5 heterocycles. The number of hydrogen-bond acceptors (Lipinski definition) is 12. The van der Waals surface area contributed by atoms with Crippen LogP contribution in [0, 0.1) is 22.7 Å². The number of nitriles is 1. The van der Waals surface area contributed by atoms with E-state index in [1.165, 1.54) is 29.0 Å². The zero-order valence-corrected chi connectivity index (χ0v) is 38.5. The van der Waals surface area contributed by atoms with Crippen LogP contribution in [-0.4, -0.2) is 98.7 Å². The van der Waals surface area contributed by atoms with E-state index in [0.717, 1.165) is 94.7 Å². The van der Waals surface area contributed by atoms with Gasteiger partial charge in [0.05, 0.1) is 35.7 Å². The quantitative estimate of drug-likeness (QED) is 0.0947. The number of aromatic amines is 1. The van der Waals surface area contributed by atoms with Gasteiger partial charge in [0.2, 0.25) is 0 Å². The van der Waals surface area contributed by atoms with Gasteiger partial charge in [-0.2, -0.15) is 5.26 Å². The largest absolute Gasteiger partial charge is 0.453 e. The predicted octanol–water partition coefficient (Wildman–Crippen LogP) is 8.14. The maximum absolute atomic E-state index is 14.2. The van der Waals surface area contributed by atoms with Crippen molar-refractivity contribution in [1.29, 1.82) is 5.26 Å². The minimum absolute atomic E-state index is 0.0296. The van der Waals surface area contributed by atoms with Crippen molar-refractivity contribution in [2.75, 3.05) is 62.6 Å². The monoisotopic (exact) mass is 917 g/mol. The Morgan fingerprint density at radius 1 is 1.03 bits per heavy atom. The highest BCUT2D eigenvalue weighted by molar-refractivity contribution is 7.90. The number of pyridine rings is 2. The summed E-state index contributed by atoms with van der Waals surface area (Å²) in [7, 11) is -4.48. The van der Waals surface area contributed by atoms with Gasteiger partial charge >= 0.3 is 0 Å². The minimum Gasteiger partial charge on any atom is -0.453 e. The van der Waals surface area contributed by atoms with Gasteiger partial charge in [-0.3, -0.25) is 9.69 Å². The summed E-state index contributed by atoms with van der Waals surface area (Å²) in [6, 6.07) is 20.5. The molecule has 2 saturated heterocycles. The lowest BCUT2D eigenvalue weighted by atomic mass is 9.72. The number of piperazine rings is 1. The average Bonchev–Trinajstić information content (AvgIpc) is 3.79. The molecular formula is C49H56ClN9O5S. The summed E-state index contributed by atoms with van der Waals surface area (Å²) < 4.78 is 42.6. The highest BCUT2D eigenvalue weighted by Gasteiger charge is 2.33. The summed E-state index contributed by atoms with van der Waals surface area (Å²) in [6.45, 7) is 10.9. The number of benzene rings is 2. The number of ether oxygens (including phenoxy) is 2. The van der Waals surface area contributed by atoms with E-state index in [9.17, 15) is 18.5 Å². The van der Waals surface area contributed by atoms with Crippen LogP contribution in [0.15, 0.2) is 89.7 Å². The molecule has 0 radical (unpaired) electrons. The second-order valence-electron chi connectivity index (χ2n) is 18.5. The second kappa shape index (κ2) is 19.1. The van der Waals surface area contributed by atoms with Crippen molar-refractivity contribution >= 4 is 55.6 Å². The lowest BCUT2D eigenvalue weighted by Crippen LogP contribution is -2.47. The molecule has 2 aromatic carbocycles. The van der Waals surface area contributed by atoms with Crippen LogP contribution in [-0.2, 0) is 14.8 Å². The van der Waals surface area contributed by atoms with E-state index in [4.69, 9.17) is 21.1 Å². The fourth-order valence-corrected chi connectivity index (χ4v) is 10.8. The number of anilines is 2. The Morgan fingerprint density at radius 3 is 2.58 bits per heavy atom. The van der Waals surface area contributed by atoms with Crippen molar-refractivity contribution < 1.29 is 22.7 Å². The van der Waals surface area contributed by atoms with E-state index in [-0.39, 0.29) is 39.3 Å². The molecule has 14 nitrogen and oxygen atoms in total. The molecule has 4 N–H and O–H groups in total. The van der Waals surface area contributed by atoms with Crippen LogP contribution in [0.1, 0.15) is 80.3 Å². The van der Waals surface area contributed by atoms with Crippen molar-refractivity contribution in [3.8, 4) is 17.6 Å². The first kappa shape index (κ1) is 44.7. The van der Waals surface area contributed by atoms with Gasteiger partial charge in [-0.15, -0.1) is 0 Å². The van der Waals surface area contributed by atoms with Crippen molar-refractivity contribution in [3.63, 3.8) is 0 Å². The van der Waals surface area contributed by atoms with Crippen molar-refractivity contribution in [2.45, 2.75) is 75.8 Å². The molecule has 2 aliphatic carbocycles. The lowest BCUT2D eigenvalue weighted by molar-refractivity contribution is -0.0198. The molecule has 2 aliphatic heterocycles. The smallest absolute Gasteiger partial charge is 0.268 e.